The first kappa shape index (κ1) is 28.9. The number of pyridine rings is 2. The highest BCUT2D eigenvalue weighted by molar-refractivity contribution is 5.73. The molecule has 44 heavy (non-hydrogen) atoms. The van der Waals surface area contributed by atoms with Crippen LogP contribution < -0.4 is 9.47 Å². The van der Waals surface area contributed by atoms with Crippen molar-refractivity contribution in [1.82, 2.24) is 9.97 Å². The summed E-state index contributed by atoms with van der Waals surface area (Å²) in [5.41, 5.74) is 14.1. The Labute approximate surface area is 260 Å². The fraction of sp³-hybridized carbons (Fsp3) is 0.150. The Balaban J connectivity index is 1.23. The van der Waals surface area contributed by atoms with Crippen LogP contribution in [0.2, 0.25) is 0 Å². The molecule has 218 valence electrons. The normalized spacial score (nSPS) is 11.0. The number of benzene rings is 4. The molecule has 0 saturated heterocycles. The number of rotatable bonds is 7. The van der Waals surface area contributed by atoms with E-state index in [0.29, 0.717) is 23.3 Å². The van der Waals surface area contributed by atoms with Crippen LogP contribution in [0.25, 0.3) is 33.4 Å². The molecule has 0 aliphatic rings. The maximum Gasteiger partial charge on any atom is 0.219 e. The largest absolute Gasteiger partial charge is 0.439 e. The molecule has 4 nitrogen and oxygen atoms in total. The van der Waals surface area contributed by atoms with E-state index in [2.05, 4.69) is 87.9 Å². The summed E-state index contributed by atoms with van der Waals surface area (Å²) in [5, 5.41) is 0. The van der Waals surface area contributed by atoms with Gasteiger partial charge in [-0.05, 0) is 134 Å². The zero-order valence-corrected chi connectivity index (χ0v) is 26.1. The van der Waals surface area contributed by atoms with Gasteiger partial charge in [0.25, 0.3) is 0 Å². The van der Waals surface area contributed by atoms with Crippen LogP contribution in [0.15, 0.2) is 109 Å². The van der Waals surface area contributed by atoms with Crippen LogP contribution in [0.1, 0.15) is 33.4 Å². The van der Waals surface area contributed by atoms with Crippen molar-refractivity contribution in [3.8, 4) is 56.6 Å². The van der Waals surface area contributed by atoms with Crippen LogP contribution in [-0.4, -0.2) is 9.97 Å². The molecule has 0 bridgehead atoms. The van der Waals surface area contributed by atoms with E-state index in [1.807, 2.05) is 60.7 Å². The van der Waals surface area contributed by atoms with Gasteiger partial charge in [-0.15, -0.1) is 0 Å². The van der Waals surface area contributed by atoms with Crippen molar-refractivity contribution >= 4 is 0 Å². The summed E-state index contributed by atoms with van der Waals surface area (Å²) in [6.45, 7) is 12.9. The van der Waals surface area contributed by atoms with Gasteiger partial charge in [0, 0.05) is 24.5 Å². The molecule has 0 saturated carbocycles. The Hall–Kier alpha value is -5.22. The second kappa shape index (κ2) is 12.2. The van der Waals surface area contributed by atoms with Crippen molar-refractivity contribution in [2.45, 2.75) is 41.5 Å². The Morgan fingerprint density at radius 2 is 0.795 bits per heavy atom. The van der Waals surface area contributed by atoms with Crippen LogP contribution in [0.3, 0.4) is 0 Å². The van der Waals surface area contributed by atoms with Gasteiger partial charge in [-0.25, -0.2) is 9.97 Å². The van der Waals surface area contributed by atoms with Gasteiger partial charge in [-0.3, -0.25) is 0 Å². The lowest BCUT2D eigenvalue weighted by Gasteiger charge is -2.14. The Bertz CT molecular complexity index is 1800. The highest BCUT2D eigenvalue weighted by Crippen LogP contribution is 2.35. The standard InChI is InChI=1S/C40H36N2O2/c1-25-17-27(3)39(28(4)18-25)33-13-15-41-37(23-33)43-35-11-7-9-31(21-35)32-10-8-12-36(22-32)44-38-24-34(14-16-42-38)40-29(5)19-26(2)20-30(40)6/h7-24H,1-6H3. The third-order valence-electron chi connectivity index (χ3n) is 7.85. The Morgan fingerprint density at radius 3 is 1.18 bits per heavy atom. The molecular formula is C40H36N2O2. The molecule has 2 aromatic heterocycles. The summed E-state index contributed by atoms with van der Waals surface area (Å²) in [5.74, 6) is 2.55. The van der Waals surface area contributed by atoms with Crippen LogP contribution in [-0.2, 0) is 0 Å². The second-order valence-electron chi connectivity index (χ2n) is 11.6. The predicted octanol–water partition coefficient (Wildman–Crippen LogP) is 10.9. The molecule has 0 radical (unpaired) electrons. The van der Waals surface area contributed by atoms with Crippen LogP contribution in [0.4, 0.5) is 0 Å². The van der Waals surface area contributed by atoms with E-state index in [1.165, 1.54) is 44.5 Å². The second-order valence-corrected chi connectivity index (χ2v) is 11.6. The molecule has 0 spiro atoms. The highest BCUT2D eigenvalue weighted by atomic mass is 16.5. The molecule has 0 aliphatic heterocycles. The zero-order valence-electron chi connectivity index (χ0n) is 26.1. The quantitative estimate of drug-likeness (QED) is 0.190. The molecule has 0 amide bonds. The van der Waals surface area contributed by atoms with Gasteiger partial charge in [0.2, 0.25) is 11.8 Å². The summed E-state index contributed by atoms with van der Waals surface area (Å²) in [6, 6.07) is 33.0. The number of hydrogen-bond donors (Lipinski definition) is 0. The van der Waals surface area contributed by atoms with Crippen LogP contribution >= 0.6 is 0 Å². The minimum atomic E-state index is 0.557. The van der Waals surface area contributed by atoms with E-state index >= 15 is 0 Å². The lowest BCUT2D eigenvalue weighted by molar-refractivity contribution is 0.462. The molecule has 6 aromatic rings. The van der Waals surface area contributed by atoms with E-state index in [0.717, 1.165) is 22.3 Å². The van der Waals surface area contributed by atoms with Crippen molar-refractivity contribution in [3.63, 3.8) is 0 Å². The van der Waals surface area contributed by atoms with Gasteiger partial charge in [0.15, 0.2) is 0 Å². The maximum atomic E-state index is 6.26. The fourth-order valence-electron chi connectivity index (χ4n) is 6.23. The first-order valence-electron chi connectivity index (χ1n) is 14.9. The third kappa shape index (κ3) is 6.25. The lowest BCUT2D eigenvalue weighted by atomic mass is 9.94. The van der Waals surface area contributed by atoms with Gasteiger partial charge in [-0.1, -0.05) is 59.7 Å². The number of aryl methyl sites for hydroxylation is 6. The Kier molecular flexibility index (Phi) is 7.99. The zero-order chi connectivity index (χ0) is 30.8. The fourth-order valence-corrected chi connectivity index (χ4v) is 6.23. The SMILES string of the molecule is Cc1cc(C)c(-c2ccnc(Oc3cccc(-c4cccc(Oc5cc(-c6c(C)cc(C)cc6C)ccn5)c4)c3)c2)c(C)c1. The van der Waals surface area contributed by atoms with Gasteiger partial charge >= 0.3 is 0 Å². The van der Waals surface area contributed by atoms with Crippen molar-refractivity contribution in [1.29, 1.82) is 0 Å². The topological polar surface area (TPSA) is 44.2 Å². The first-order chi connectivity index (χ1) is 21.2. The first-order valence-corrected chi connectivity index (χ1v) is 14.9. The number of aromatic nitrogens is 2. The van der Waals surface area contributed by atoms with Gasteiger partial charge in [0.1, 0.15) is 11.5 Å². The van der Waals surface area contributed by atoms with E-state index in [9.17, 15) is 0 Å². The molecule has 0 fully saturated rings. The predicted molar refractivity (Wildman–Crippen MR) is 180 cm³/mol. The summed E-state index contributed by atoms with van der Waals surface area (Å²) < 4.78 is 12.5. The summed E-state index contributed by atoms with van der Waals surface area (Å²) >= 11 is 0. The Morgan fingerprint density at radius 1 is 0.409 bits per heavy atom. The van der Waals surface area contributed by atoms with E-state index < -0.39 is 0 Å². The summed E-state index contributed by atoms with van der Waals surface area (Å²) in [4.78, 5) is 8.99. The van der Waals surface area contributed by atoms with E-state index in [4.69, 9.17) is 9.47 Å². The number of ether oxygens (including phenoxy) is 2. The lowest BCUT2D eigenvalue weighted by Crippen LogP contribution is -1.93. The monoisotopic (exact) mass is 576 g/mol. The van der Waals surface area contributed by atoms with Crippen molar-refractivity contribution in [2.24, 2.45) is 0 Å². The minimum absolute atomic E-state index is 0.557. The van der Waals surface area contributed by atoms with Crippen molar-refractivity contribution in [2.75, 3.05) is 0 Å². The van der Waals surface area contributed by atoms with E-state index in [-0.39, 0.29) is 0 Å². The maximum absolute atomic E-state index is 6.26. The minimum Gasteiger partial charge on any atom is -0.439 e. The molecule has 0 aliphatic carbocycles. The molecule has 6 rings (SSSR count). The average molecular weight is 577 g/mol. The van der Waals surface area contributed by atoms with Gasteiger partial charge < -0.3 is 9.47 Å². The molecule has 0 unspecified atom stereocenters. The number of hydrogen-bond acceptors (Lipinski definition) is 4. The summed E-state index contributed by atoms with van der Waals surface area (Å²) in [7, 11) is 0. The van der Waals surface area contributed by atoms with Crippen molar-refractivity contribution < 1.29 is 9.47 Å². The molecule has 2 heterocycles. The average Bonchev–Trinajstić information content (AvgIpc) is 2.97. The molecule has 4 aromatic carbocycles. The van der Waals surface area contributed by atoms with Crippen LogP contribution in [0, 0.1) is 41.5 Å². The smallest absolute Gasteiger partial charge is 0.219 e. The molecule has 4 heteroatoms. The molecule has 0 atom stereocenters. The van der Waals surface area contributed by atoms with Crippen molar-refractivity contribution in [3.05, 3.63) is 143 Å². The number of nitrogens with zero attached hydrogens (tertiary/aromatic N) is 2. The highest BCUT2D eigenvalue weighted by Gasteiger charge is 2.12. The van der Waals surface area contributed by atoms with E-state index in [1.54, 1.807) is 12.4 Å². The molecule has 0 N–H and O–H groups in total. The van der Waals surface area contributed by atoms with Gasteiger partial charge in [-0.2, -0.15) is 0 Å². The summed E-state index contributed by atoms with van der Waals surface area (Å²) in [6.07, 6.45) is 3.61. The van der Waals surface area contributed by atoms with Gasteiger partial charge in [0.05, 0.1) is 0 Å². The van der Waals surface area contributed by atoms with Crippen LogP contribution in [0.5, 0.6) is 23.3 Å². The molecular weight excluding hydrogens is 540 g/mol. The third-order valence-corrected chi connectivity index (χ3v) is 7.85.